The second-order valence-corrected chi connectivity index (χ2v) is 14.2. The van der Waals surface area contributed by atoms with Crippen LogP contribution in [0, 0.1) is 25.7 Å². The van der Waals surface area contributed by atoms with Crippen molar-refractivity contribution in [1.29, 1.82) is 0 Å². The fourth-order valence-electron chi connectivity index (χ4n) is 4.56. The first-order chi connectivity index (χ1) is 16.3. The monoisotopic (exact) mass is 528 g/mol. The van der Waals surface area contributed by atoms with Gasteiger partial charge in [-0.05, 0) is 62.3 Å². The number of carbonyl (C=O) groups is 2. The molecule has 1 aromatic carbocycles. The lowest BCUT2D eigenvalue weighted by atomic mass is 9.98. The van der Waals surface area contributed by atoms with Crippen LogP contribution in [-0.4, -0.2) is 81.7 Å². The van der Waals surface area contributed by atoms with Crippen LogP contribution >= 0.6 is 0 Å². The highest BCUT2D eigenvalue weighted by Crippen LogP contribution is 2.26. The van der Waals surface area contributed by atoms with E-state index < -0.39 is 50.3 Å². The van der Waals surface area contributed by atoms with E-state index in [0.29, 0.717) is 25.8 Å². The summed E-state index contributed by atoms with van der Waals surface area (Å²) in [5.41, 5.74) is 1.91. The number of hydrogen-bond donors (Lipinski definition) is 0. The van der Waals surface area contributed by atoms with E-state index >= 15 is 0 Å². The Balaban J connectivity index is 1.54. The zero-order valence-corrected chi connectivity index (χ0v) is 22.5. The number of aryl methyl sites for hydroxylation is 2. The Bertz CT molecular complexity index is 1150. The molecular weight excluding hydrogens is 492 g/mol. The van der Waals surface area contributed by atoms with Gasteiger partial charge in [-0.15, -0.1) is 0 Å². The summed E-state index contributed by atoms with van der Waals surface area (Å²) in [6, 6.07) is 4.65. The minimum absolute atomic E-state index is 0.0585. The third-order valence-corrected chi connectivity index (χ3v) is 10.4. The molecule has 1 aromatic rings. The highest BCUT2D eigenvalue weighted by Gasteiger charge is 2.36. The molecule has 2 aliphatic rings. The lowest BCUT2D eigenvalue weighted by Crippen LogP contribution is -2.45. The number of piperidine rings is 1. The molecule has 2 fully saturated rings. The minimum Gasteiger partial charge on any atom is -0.455 e. The third kappa shape index (κ3) is 6.83. The Kier molecular flexibility index (Phi) is 8.64. The van der Waals surface area contributed by atoms with E-state index in [2.05, 4.69) is 0 Å². The van der Waals surface area contributed by atoms with E-state index in [0.717, 1.165) is 11.1 Å². The van der Waals surface area contributed by atoms with E-state index in [1.807, 2.05) is 27.7 Å². The summed E-state index contributed by atoms with van der Waals surface area (Å²) in [5.74, 6) is -1.27. The number of rotatable bonds is 8. The Labute approximate surface area is 208 Å². The number of benzene rings is 1. The van der Waals surface area contributed by atoms with Crippen molar-refractivity contribution in [1.82, 2.24) is 9.21 Å². The molecule has 196 valence electrons. The van der Waals surface area contributed by atoms with Gasteiger partial charge in [0.05, 0.1) is 22.3 Å². The molecule has 1 atom stereocenters. The van der Waals surface area contributed by atoms with Gasteiger partial charge in [-0.3, -0.25) is 9.59 Å². The SMILES string of the molecule is Cc1ccc(S(=O)(=O)N2CCC(C(=O)OCC(=O)N(CC(C)C)[C@@H]3CCS(=O)(=O)C3)CC2)cc1C. The summed E-state index contributed by atoms with van der Waals surface area (Å²) in [6.07, 6.45) is 1.02. The van der Waals surface area contributed by atoms with E-state index in [-0.39, 0.29) is 35.4 Å². The van der Waals surface area contributed by atoms with Gasteiger partial charge in [0.2, 0.25) is 10.0 Å². The second-order valence-electron chi connectivity index (χ2n) is 10.0. The first kappa shape index (κ1) is 27.6. The number of carbonyl (C=O) groups excluding carboxylic acids is 2. The molecule has 0 N–H and O–H groups in total. The predicted molar refractivity (Wildman–Crippen MR) is 132 cm³/mol. The van der Waals surface area contributed by atoms with Crippen LogP contribution in [-0.2, 0) is 34.2 Å². The Morgan fingerprint density at radius 1 is 1.11 bits per heavy atom. The molecule has 11 heteroatoms. The van der Waals surface area contributed by atoms with Crippen molar-refractivity contribution in [3.05, 3.63) is 29.3 Å². The van der Waals surface area contributed by atoms with Gasteiger partial charge < -0.3 is 9.64 Å². The highest BCUT2D eigenvalue weighted by atomic mass is 32.2. The summed E-state index contributed by atoms with van der Waals surface area (Å²) in [7, 11) is -6.80. The predicted octanol–water partition coefficient (Wildman–Crippen LogP) is 1.92. The average molecular weight is 529 g/mol. The molecule has 2 saturated heterocycles. The van der Waals surface area contributed by atoms with Crippen LogP contribution in [0.1, 0.15) is 44.2 Å². The first-order valence-corrected chi connectivity index (χ1v) is 15.3. The van der Waals surface area contributed by atoms with E-state index in [9.17, 15) is 26.4 Å². The number of sulfone groups is 1. The van der Waals surface area contributed by atoms with Crippen LogP contribution in [0.15, 0.2) is 23.1 Å². The van der Waals surface area contributed by atoms with Gasteiger partial charge in [0, 0.05) is 25.7 Å². The fraction of sp³-hybridized carbons (Fsp3) is 0.667. The van der Waals surface area contributed by atoms with Gasteiger partial charge >= 0.3 is 5.97 Å². The molecule has 2 aliphatic heterocycles. The van der Waals surface area contributed by atoms with Gasteiger partial charge in [0.1, 0.15) is 0 Å². The van der Waals surface area contributed by atoms with Crippen LogP contribution in [0.3, 0.4) is 0 Å². The van der Waals surface area contributed by atoms with Gasteiger partial charge in [-0.2, -0.15) is 4.31 Å². The summed E-state index contributed by atoms with van der Waals surface area (Å²) in [6.45, 7) is 8.02. The van der Waals surface area contributed by atoms with Crippen molar-refractivity contribution in [2.45, 2.75) is 57.9 Å². The van der Waals surface area contributed by atoms with Crippen molar-refractivity contribution >= 4 is 31.7 Å². The third-order valence-electron chi connectivity index (χ3n) is 6.77. The zero-order valence-electron chi connectivity index (χ0n) is 20.9. The van der Waals surface area contributed by atoms with Gasteiger partial charge in [0.25, 0.3) is 5.91 Å². The molecule has 0 aliphatic carbocycles. The Morgan fingerprint density at radius 2 is 1.77 bits per heavy atom. The normalized spacial score (nSPS) is 21.2. The van der Waals surface area contributed by atoms with Gasteiger partial charge in [-0.25, -0.2) is 16.8 Å². The standard InChI is InChI=1S/C24H36N2O7S2/c1-17(2)14-26(21-9-12-34(29,30)16-21)23(27)15-33-24(28)20-7-10-25(11-8-20)35(31,32)22-6-5-18(3)19(4)13-22/h5-6,13,17,20-21H,7-12,14-16H2,1-4H3/t21-/m1/s1. The van der Waals surface area contributed by atoms with Crippen molar-refractivity contribution in [2.24, 2.45) is 11.8 Å². The van der Waals surface area contributed by atoms with E-state index in [1.165, 1.54) is 9.21 Å². The molecular formula is C24H36N2O7S2. The summed E-state index contributed by atoms with van der Waals surface area (Å²) >= 11 is 0. The van der Waals surface area contributed by atoms with Crippen molar-refractivity contribution in [3.63, 3.8) is 0 Å². The second kappa shape index (κ2) is 11.0. The molecule has 0 spiro atoms. The van der Waals surface area contributed by atoms with Crippen LogP contribution in [0.2, 0.25) is 0 Å². The summed E-state index contributed by atoms with van der Waals surface area (Å²) < 4.78 is 56.4. The van der Waals surface area contributed by atoms with Gasteiger partial charge in [0.15, 0.2) is 16.4 Å². The number of nitrogens with zero attached hydrogens (tertiary/aromatic N) is 2. The maximum absolute atomic E-state index is 13.0. The van der Waals surface area contributed by atoms with Crippen LogP contribution in [0.25, 0.3) is 0 Å². The smallest absolute Gasteiger partial charge is 0.309 e. The molecule has 2 heterocycles. The molecule has 0 unspecified atom stereocenters. The zero-order chi connectivity index (χ0) is 26.0. The Morgan fingerprint density at radius 3 is 2.31 bits per heavy atom. The molecule has 1 amide bonds. The quantitative estimate of drug-likeness (QED) is 0.473. The number of esters is 1. The largest absolute Gasteiger partial charge is 0.455 e. The Hall–Kier alpha value is -1.98. The summed E-state index contributed by atoms with van der Waals surface area (Å²) in [4.78, 5) is 27.2. The van der Waals surface area contributed by atoms with Crippen LogP contribution in [0.5, 0.6) is 0 Å². The van der Waals surface area contributed by atoms with Crippen molar-refractivity contribution in [3.8, 4) is 0 Å². The molecule has 3 rings (SSSR count). The lowest BCUT2D eigenvalue weighted by molar-refractivity contribution is -0.157. The molecule has 0 saturated carbocycles. The fourth-order valence-corrected chi connectivity index (χ4v) is 7.84. The van der Waals surface area contributed by atoms with Crippen molar-refractivity contribution < 1.29 is 31.2 Å². The molecule has 0 aromatic heterocycles. The number of sulfonamides is 1. The van der Waals surface area contributed by atoms with Crippen molar-refractivity contribution in [2.75, 3.05) is 37.7 Å². The molecule has 0 radical (unpaired) electrons. The lowest BCUT2D eigenvalue weighted by Gasteiger charge is -2.31. The maximum Gasteiger partial charge on any atom is 0.309 e. The highest BCUT2D eigenvalue weighted by molar-refractivity contribution is 7.91. The molecule has 0 bridgehead atoms. The first-order valence-electron chi connectivity index (χ1n) is 12.0. The maximum atomic E-state index is 13.0. The summed E-state index contributed by atoms with van der Waals surface area (Å²) in [5, 5.41) is 0. The number of amides is 1. The number of ether oxygens (including phenoxy) is 1. The van der Waals surface area contributed by atoms with Crippen LogP contribution < -0.4 is 0 Å². The van der Waals surface area contributed by atoms with E-state index in [1.54, 1.807) is 18.2 Å². The topological polar surface area (TPSA) is 118 Å². The molecule has 35 heavy (non-hydrogen) atoms. The molecule has 9 nitrogen and oxygen atoms in total. The minimum atomic E-state index is -3.65. The number of hydrogen-bond acceptors (Lipinski definition) is 7. The van der Waals surface area contributed by atoms with Gasteiger partial charge in [-0.1, -0.05) is 19.9 Å². The van der Waals surface area contributed by atoms with E-state index in [4.69, 9.17) is 4.74 Å². The average Bonchev–Trinajstić information content (AvgIpc) is 3.16. The van der Waals surface area contributed by atoms with Crippen LogP contribution in [0.4, 0.5) is 0 Å².